The van der Waals surface area contributed by atoms with E-state index in [0.29, 0.717) is 22.6 Å². The highest BCUT2D eigenvalue weighted by Gasteiger charge is 2.16. The summed E-state index contributed by atoms with van der Waals surface area (Å²) in [7, 11) is 0. The summed E-state index contributed by atoms with van der Waals surface area (Å²) in [6.45, 7) is 3.59. The van der Waals surface area contributed by atoms with E-state index in [2.05, 4.69) is 15.3 Å². The Morgan fingerprint density at radius 1 is 1.16 bits per heavy atom. The van der Waals surface area contributed by atoms with Gasteiger partial charge >= 0.3 is 5.97 Å². The van der Waals surface area contributed by atoms with Crippen molar-refractivity contribution in [2.45, 2.75) is 20.0 Å². The third-order valence-electron chi connectivity index (χ3n) is 4.44. The summed E-state index contributed by atoms with van der Waals surface area (Å²) in [4.78, 5) is 32.4. The Kier molecular flexibility index (Phi) is 5.59. The highest BCUT2D eigenvalue weighted by atomic mass is 32.1. The van der Waals surface area contributed by atoms with Crippen molar-refractivity contribution in [1.82, 2.24) is 9.97 Å². The molecule has 0 atom stereocenters. The molecule has 2 aromatic heterocycles. The van der Waals surface area contributed by atoms with Crippen molar-refractivity contribution in [3.8, 4) is 11.1 Å². The number of nitrogens with one attached hydrogen (secondary N) is 1. The molecule has 1 N–H and O–H groups in total. The van der Waals surface area contributed by atoms with Crippen LogP contribution >= 0.6 is 11.3 Å². The van der Waals surface area contributed by atoms with E-state index in [-0.39, 0.29) is 11.8 Å². The normalized spacial score (nSPS) is 10.9. The van der Waals surface area contributed by atoms with Crippen LogP contribution in [0, 0.1) is 10.1 Å². The van der Waals surface area contributed by atoms with Gasteiger partial charge in [-0.2, -0.15) is 0 Å². The third-order valence-corrected chi connectivity index (χ3v) is 5.33. The van der Waals surface area contributed by atoms with E-state index in [9.17, 15) is 14.9 Å². The van der Waals surface area contributed by atoms with Crippen LogP contribution in [0.15, 0.2) is 60.2 Å². The Morgan fingerprint density at radius 2 is 1.97 bits per heavy atom. The summed E-state index contributed by atoms with van der Waals surface area (Å²) in [5.74, 6) is 0.140. The molecule has 0 unspecified atom stereocenters. The second-order valence-corrected chi connectivity index (χ2v) is 7.88. The molecule has 0 radical (unpaired) electrons. The second-order valence-electron chi connectivity index (χ2n) is 7.02. The molecule has 0 spiro atoms. The predicted molar refractivity (Wildman–Crippen MR) is 120 cm³/mol. The predicted octanol–water partition coefficient (Wildman–Crippen LogP) is 5.58. The zero-order valence-corrected chi connectivity index (χ0v) is 17.6. The van der Waals surface area contributed by atoms with Crippen molar-refractivity contribution in [3.63, 3.8) is 0 Å². The Labute approximate surface area is 181 Å². The van der Waals surface area contributed by atoms with Crippen LogP contribution in [0.5, 0.6) is 0 Å². The van der Waals surface area contributed by atoms with Crippen LogP contribution in [-0.2, 0) is 4.74 Å². The van der Waals surface area contributed by atoms with Crippen LogP contribution < -0.4 is 5.32 Å². The van der Waals surface area contributed by atoms with Crippen LogP contribution in [0.2, 0.25) is 0 Å². The van der Waals surface area contributed by atoms with Gasteiger partial charge in [0.05, 0.1) is 22.0 Å². The van der Waals surface area contributed by atoms with Gasteiger partial charge in [-0.3, -0.25) is 10.1 Å². The number of aromatic nitrogens is 2. The topological polar surface area (TPSA) is 107 Å². The molecule has 0 saturated heterocycles. The smallest absolute Gasteiger partial charge is 0.338 e. The third kappa shape index (κ3) is 4.36. The number of hydrogen-bond donors (Lipinski definition) is 1. The summed E-state index contributed by atoms with van der Waals surface area (Å²) in [5.41, 5.74) is 2.59. The van der Waals surface area contributed by atoms with E-state index in [4.69, 9.17) is 4.74 Å². The first-order valence-electron chi connectivity index (χ1n) is 9.47. The summed E-state index contributed by atoms with van der Waals surface area (Å²) in [5, 5.41) is 17.1. The molecule has 0 aliphatic heterocycles. The number of fused-ring (bicyclic) bond motifs is 1. The van der Waals surface area contributed by atoms with Crippen LogP contribution in [0.3, 0.4) is 0 Å². The van der Waals surface area contributed by atoms with Crippen LogP contribution in [0.25, 0.3) is 21.3 Å². The number of non-ortho nitro benzene ring substituents is 1. The molecule has 8 nitrogen and oxygen atoms in total. The quantitative estimate of drug-likeness (QED) is 0.240. The summed E-state index contributed by atoms with van der Waals surface area (Å²) < 4.78 is 5.26. The van der Waals surface area contributed by atoms with Gasteiger partial charge in [-0.1, -0.05) is 18.2 Å². The SMILES string of the molecule is CC(C)OC(=O)c1cccc(Nc2ncnc3scc(-c4cccc([N+](=O)[O-])c4)c23)c1. The molecule has 0 amide bonds. The van der Waals surface area contributed by atoms with Crippen LogP contribution in [0.1, 0.15) is 24.2 Å². The van der Waals surface area contributed by atoms with Crippen molar-refractivity contribution in [1.29, 1.82) is 0 Å². The van der Waals surface area contributed by atoms with Gasteiger partial charge in [0.1, 0.15) is 17.0 Å². The van der Waals surface area contributed by atoms with E-state index in [1.165, 1.54) is 29.8 Å². The van der Waals surface area contributed by atoms with Crippen molar-refractivity contribution in [3.05, 3.63) is 75.9 Å². The average Bonchev–Trinajstić information content (AvgIpc) is 3.19. The zero-order chi connectivity index (χ0) is 22.0. The van der Waals surface area contributed by atoms with E-state index in [1.807, 2.05) is 17.5 Å². The number of thiophene rings is 1. The maximum atomic E-state index is 12.2. The Bertz CT molecular complexity index is 1290. The number of benzene rings is 2. The Balaban J connectivity index is 1.73. The lowest BCUT2D eigenvalue weighted by molar-refractivity contribution is -0.384. The van der Waals surface area contributed by atoms with Crippen molar-refractivity contribution in [2.75, 3.05) is 5.32 Å². The Hall–Kier alpha value is -3.85. The van der Waals surface area contributed by atoms with Crippen LogP contribution in [-0.4, -0.2) is 27.0 Å². The first-order chi connectivity index (χ1) is 14.9. The van der Waals surface area contributed by atoms with Crippen molar-refractivity contribution in [2.24, 2.45) is 0 Å². The van der Waals surface area contributed by atoms with Crippen molar-refractivity contribution < 1.29 is 14.5 Å². The highest BCUT2D eigenvalue weighted by Crippen LogP contribution is 2.38. The molecule has 31 heavy (non-hydrogen) atoms. The number of hydrogen-bond acceptors (Lipinski definition) is 8. The monoisotopic (exact) mass is 434 g/mol. The van der Waals surface area contributed by atoms with E-state index in [1.54, 1.807) is 38.1 Å². The standard InChI is InChI=1S/C22H18N4O4S/c1-13(2)30-22(27)15-6-3-7-16(9-15)25-20-19-18(11-31-21(19)24-12-23-20)14-5-4-8-17(10-14)26(28)29/h3-13H,1-2H3,(H,23,24,25). The number of anilines is 2. The number of carbonyl (C=O) groups excluding carboxylic acids is 1. The number of ether oxygens (including phenoxy) is 1. The minimum absolute atomic E-state index is 0.0135. The molecule has 4 aromatic rings. The highest BCUT2D eigenvalue weighted by molar-refractivity contribution is 7.17. The number of nitrogens with zero attached hydrogens (tertiary/aromatic N) is 3. The lowest BCUT2D eigenvalue weighted by atomic mass is 10.1. The van der Waals surface area contributed by atoms with Crippen LogP contribution in [0.4, 0.5) is 17.2 Å². The molecule has 0 bridgehead atoms. The maximum absolute atomic E-state index is 12.2. The second kappa shape index (κ2) is 8.49. The summed E-state index contributed by atoms with van der Waals surface area (Å²) in [6, 6.07) is 13.4. The average molecular weight is 434 g/mol. The number of rotatable bonds is 6. The molecule has 2 heterocycles. The minimum Gasteiger partial charge on any atom is -0.459 e. The summed E-state index contributed by atoms with van der Waals surface area (Å²) >= 11 is 1.43. The van der Waals surface area contributed by atoms with Gasteiger partial charge in [0, 0.05) is 28.8 Å². The molecule has 0 fully saturated rings. The number of carbonyl (C=O) groups is 1. The van der Waals surface area contributed by atoms with E-state index in [0.717, 1.165) is 15.8 Å². The van der Waals surface area contributed by atoms with Gasteiger partial charge in [0.15, 0.2) is 0 Å². The molecular weight excluding hydrogens is 416 g/mol. The molecule has 0 saturated carbocycles. The van der Waals surface area contributed by atoms with Gasteiger partial charge in [-0.15, -0.1) is 11.3 Å². The number of esters is 1. The number of nitro benzene ring substituents is 1. The molecule has 0 aliphatic rings. The van der Waals surface area contributed by atoms with Gasteiger partial charge in [-0.05, 0) is 37.6 Å². The zero-order valence-electron chi connectivity index (χ0n) is 16.7. The first-order valence-corrected chi connectivity index (χ1v) is 10.4. The fourth-order valence-corrected chi connectivity index (χ4v) is 4.03. The number of nitro groups is 1. The van der Waals surface area contributed by atoms with E-state index < -0.39 is 10.9 Å². The first kappa shape index (κ1) is 20.4. The minimum atomic E-state index is -0.421. The lowest BCUT2D eigenvalue weighted by Gasteiger charge is -2.11. The van der Waals surface area contributed by atoms with Crippen molar-refractivity contribution >= 4 is 44.7 Å². The molecule has 0 aliphatic carbocycles. The molecule has 2 aromatic carbocycles. The fourth-order valence-electron chi connectivity index (χ4n) is 3.11. The van der Waals surface area contributed by atoms with Gasteiger partial charge in [0.25, 0.3) is 5.69 Å². The maximum Gasteiger partial charge on any atom is 0.338 e. The van der Waals surface area contributed by atoms with Gasteiger partial charge < -0.3 is 10.1 Å². The molecular formula is C22H18N4O4S. The lowest BCUT2D eigenvalue weighted by Crippen LogP contribution is -2.11. The van der Waals surface area contributed by atoms with E-state index >= 15 is 0 Å². The summed E-state index contributed by atoms with van der Waals surface area (Å²) in [6.07, 6.45) is 1.24. The fraction of sp³-hybridized carbons (Fsp3) is 0.136. The van der Waals surface area contributed by atoms with Gasteiger partial charge in [0.2, 0.25) is 0 Å². The Morgan fingerprint density at radius 3 is 2.74 bits per heavy atom. The molecule has 4 rings (SSSR count). The largest absolute Gasteiger partial charge is 0.459 e. The van der Waals surface area contributed by atoms with Gasteiger partial charge in [-0.25, -0.2) is 14.8 Å². The molecule has 156 valence electrons. The molecule has 9 heteroatoms.